The van der Waals surface area contributed by atoms with Crippen molar-refractivity contribution >= 4 is 10.9 Å². The van der Waals surface area contributed by atoms with Gasteiger partial charge in [-0.25, -0.2) is 9.67 Å². The van der Waals surface area contributed by atoms with Crippen molar-refractivity contribution in [1.29, 1.82) is 0 Å². The highest BCUT2D eigenvalue weighted by atomic mass is 16.5. The van der Waals surface area contributed by atoms with Crippen LogP contribution in [0, 0.1) is 5.92 Å². The standard InChI is InChI=1S/C16H20N4O/c1-12(2)9-20-16(17-11-18-20)10-19-8-7-13-14(19)5-4-6-15(13)21-3/h4-8,11-12H,9-10H2,1-3H3. The van der Waals surface area contributed by atoms with Gasteiger partial charge < -0.3 is 9.30 Å². The minimum absolute atomic E-state index is 0.548. The van der Waals surface area contributed by atoms with Crippen LogP contribution in [-0.2, 0) is 13.1 Å². The number of ether oxygens (including phenoxy) is 1. The SMILES string of the molecule is COc1cccc2c1ccn2Cc1ncnn1CC(C)C. The van der Waals surface area contributed by atoms with Crippen LogP contribution >= 0.6 is 0 Å². The quantitative estimate of drug-likeness (QED) is 0.723. The van der Waals surface area contributed by atoms with Gasteiger partial charge in [0.05, 0.1) is 19.2 Å². The molecule has 0 saturated heterocycles. The molecule has 3 rings (SSSR count). The number of rotatable bonds is 5. The number of fused-ring (bicyclic) bond motifs is 1. The van der Waals surface area contributed by atoms with Crippen LogP contribution in [0.3, 0.4) is 0 Å². The highest BCUT2D eigenvalue weighted by molar-refractivity contribution is 5.86. The molecule has 0 spiro atoms. The first-order chi connectivity index (χ1) is 10.2. The Morgan fingerprint density at radius 3 is 2.86 bits per heavy atom. The van der Waals surface area contributed by atoms with E-state index in [1.807, 2.05) is 16.8 Å². The molecule has 0 N–H and O–H groups in total. The predicted octanol–water partition coefficient (Wildman–Crippen LogP) is 2.95. The monoisotopic (exact) mass is 284 g/mol. The molecule has 0 atom stereocenters. The minimum Gasteiger partial charge on any atom is -0.496 e. The number of benzene rings is 1. The lowest BCUT2D eigenvalue weighted by molar-refractivity contribution is 0.420. The molecule has 21 heavy (non-hydrogen) atoms. The average molecular weight is 284 g/mol. The first kappa shape index (κ1) is 13.7. The number of hydrogen-bond acceptors (Lipinski definition) is 3. The van der Waals surface area contributed by atoms with Crippen molar-refractivity contribution in [2.75, 3.05) is 7.11 Å². The molecule has 0 aliphatic rings. The molecule has 0 fully saturated rings. The summed E-state index contributed by atoms with van der Waals surface area (Å²) in [5.74, 6) is 2.42. The second-order valence-electron chi connectivity index (χ2n) is 5.59. The van der Waals surface area contributed by atoms with E-state index in [0.29, 0.717) is 12.5 Å². The lowest BCUT2D eigenvalue weighted by Gasteiger charge is -2.10. The Hall–Kier alpha value is -2.30. The Kier molecular flexibility index (Phi) is 3.64. The Morgan fingerprint density at radius 1 is 1.24 bits per heavy atom. The third-order valence-electron chi connectivity index (χ3n) is 3.54. The summed E-state index contributed by atoms with van der Waals surface area (Å²) in [4.78, 5) is 4.39. The zero-order valence-corrected chi connectivity index (χ0v) is 12.7. The molecule has 3 aromatic rings. The van der Waals surface area contributed by atoms with Crippen molar-refractivity contribution in [2.24, 2.45) is 5.92 Å². The normalized spacial score (nSPS) is 11.4. The van der Waals surface area contributed by atoms with E-state index < -0.39 is 0 Å². The third-order valence-corrected chi connectivity index (χ3v) is 3.54. The van der Waals surface area contributed by atoms with Gasteiger partial charge in [0, 0.05) is 18.1 Å². The molecular weight excluding hydrogens is 264 g/mol. The molecule has 0 bridgehead atoms. The molecule has 0 saturated carbocycles. The molecular formula is C16H20N4O. The maximum atomic E-state index is 5.41. The molecule has 0 aliphatic heterocycles. The van der Waals surface area contributed by atoms with Crippen molar-refractivity contribution < 1.29 is 4.74 Å². The molecule has 1 aromatic carbocycles. The first-order valence-corrected chi connectivity index (χ1v) is 7.17. The van der Waals surface area contributed by atoms with Gasteiger partial charge in [-0.1, -0.05) is 19.9 Å². The number of methoxy groups -OCH3 is 1. The van der Waals surface area contributed by atoms with Gasteiger partial charge in [0.25, 0.3) is 0 Å². The summed E-state index contributed by atoms with van der Waals surface area (Å²) in [5, 5.41) is 5.44. The van der Waals surface area contributed by atoms with E-state index >= 15 is 0 Å². The first-order valence-electron chi connectivity index (χ1n) is 7.17. The topological polar surface area (TPSA) is 44.9 Å². The van der Waals surface area contributed by atoms with Crippen LogP contribution in [0.25, 0.3) is 10.9 Å². The van der Waals surface area contributed by atoms with Gasteiger partial charge in [-0.3, -0.25) is 0 Å². The van der Waals surface area contributed by atoms with E-state index in [0.717, 1.165) is 29.0 Å². The maximum Gasteiger partial charge on any atom is 0.146 e. The van der Waals surface area contributed by atoms with E-state index in [4.69, 9.17) is 4.74 Å². The van der Waals surface area contributed by atoms with Crippen molar-refractivity contribution in [3.63, 3.8) is 0 Å². The van der Waals surface area contributed by atoms with Gasteiger partial charge in [0.2, 0.25) is 0 Å². The molecule has 110 valence electrons. The van der Waals surface area contributed by atoms with Crippen LogP contribution in [0.4, 0.5) is 0 Å². The van der Waals surface area contributed by atoms with Gasteiger partial charge >= 0.3 is 0 Å². The van der Waals surface area contributed by atoms with Crippen LogP contribution in [-0.4, -0.2) is 26.4 Å². The molecule has 0 radical (unpaired) electrons. The Bertz CT molecular complexity index is 742. The molecule has 0 amide bonds. The fourth-order valence-corrected chi connectivity index (χ4v) is 2.57. The van der Waals surface area contributed by atoms with Gasteiger partial charge in [-0.05, 0) is 24.1 Å². The van der Waals surface area contributed by atoms with Crippen LogP contribution in [0.2, 0.25) is 0 Å². The second-order valence-corrected chi connectivity index (χ2v) is 5.59. The molecule has 0 unspecified atom stereocenters. The lowest BCUT2D eigenvalue weighted by atomic mass is 10.2. The van der Waals surface area contributed by atoms with E-state index in [1.54, 1.807) is 13.4 Å². The molecule has 5 heteroatoms. The summed E-state index contributed by atoms with van der Waals surface area (Å²) in [6, 6.07) is 8.17. The van der Waals surface area contributed by atoms with Crippen molar-refractivity contribution in [1.82, 2.24) is 19.3 Å². The summed E-state index contributed by atoms with van der Waals surface area (Å²) in [7, 11) is 1.70. The number of nitrogens with zero attached hydrogens (tertiary/aromatic N) is 4. The van der Waals surface area contributed by atoms with E-state index in [1.165, 1.54) is 0 Å². The maximum absolute atomic E-state index is 5.41. The zero-order valence-electron chi connectivity index (χ0n) is 12.7. The number of aromatic nitrogens is 4. The second kappa shape index (κ2) is 5.60. The van der Waals surface area contributed by atoms with Gasteiger partial charge in [0.1, 0.15) is 17.9 Å². The Balaban J connectivity index is 1.94. The lowest BCUT2D eigenvalue weighted by Crippen LogP contribution is -2.12. The Labute approximate surface area is 124 Å². The third kappa shape index (κ3) is 2.63. The Morgan fingerprint density at radius 2 is 2.10 bits per heavy atom. The fraction of sp³-hybridized carbons (Fsp3) is 0.375. The summed E-state index contributed by atoms with van der Waals surface area (Å²) in [6.45, 7) is 5.96. The zero-order chi connectivity index (χ0) is 14.8. The fourth-order valence-electron chi connectivity index (χ4n) is 2.57. The summed E-state index contributed by atoms with van der Waals surface area (Å²) < 4.78 is 9.57. The largest absolute Gasteiger partial charge is 0.496 e. The average Bonchev–Trinajstić information content (AvgIpc) is 3.06. The summed E-state index contributed by atoms with van der Waals surface area (Å²) in [6.07, 6.45) is 3.70. The molecule has 2 heterocycles. The smallest absolute Gasteiger partial charge is 0.146 e. The van der Waals surface area contributed by atoms with E-state index in [-0.39, 0.29) is 0 Å². The summed E-state index contributed by atoms with van der Waals surface area (Å²) in [5.41, 5.74) is 1.15. The summed E-state index contributed by atoms with van der Waals surface area (Å²) >= 11 is 0. The minimum atomic E-state index is 0.548. The van der Waals surface area contributed by atoms with Gasteiger partial charge in [-0.2, -0.15) is 5.10 Å². The predicted molar refractivity (Wildman–Crippen MR) is 82.5 cm³/mol. The highest BCUT2D eigenvalue weighted by Crippen LogP contribution is 2.26. The molecule has 5 nitrogen and oxygen atoms in total. The van der Waals surface area contributed by atoms with Gasteiger partial charge in [-0.15, -0.1) is 0 Å². The highest BCUT2D eigenvalue weighted by Gasteiger charge is 2.10. The van der Waals surface area contributed by atoms with Gasteiger partial charge in [0.15, 0.2) is 0 Å². The van der Waals surface area contributed by atoms with E-state index in [9.17, 15) is 0 Å². The van der Waals surface area contributed by atoms with E-state index in [2.05, 4.69) is 46.8 Å². The van der Waals surface area contributed by atoms with Crippen LogP contribution < -0.4 is 4.74 Å². The van der Waals surface area contributed by atoms with Crippen LogP contribution in [0.1, 0.15) is 19.7 Å². The van der Waals surface area contributed by atoms with Crippen LogP contribution in [0.5, 0.6) is 5.75 Å². The van der Waals surface area contributed by atoms with Crippen molar-refractivity contribution in [3.05, 3.63) is 42.6 Å². The van der Waals surface area contributed by atoms with Crippen molar-refractivity contribution in [3.8, 4) is 5.75 Å². The molecule has 2 aromatic heterocycles. The van der Waals surface area contributed by atoms with Crippen LogP contribution in [0.15, 0.2) is 36.8 Å². The molecule has 0 aliphatic carbocycles. The van der Waals surface area contributed by atoms with Crippen molar-refractivity contribution in [2.45, 2.75) is 26.9 Å². The number of hydrogen-bond donors (Lipinski definition) is 0.